The fraction of sp³-hybridized carbons (Fsp3) is 0.600. The lowest BCUT2D eigenvalue weighted by Gasteiger charge is -2.37. The van der Waals surface area contributed by atoms with E-state index in [1.807, 2.05) is 4.90 Å². The van der Waals surface area contributed by atoms with Gasteiger partial charge >= 0.3 is 6.09 Å². The number of carbonyl (C=O) groups excluding carboxylic acids is 2. The molecule has 2 aliphatic rings. The maximum atomic E-state index is 13.3. The highest BCUT2D eigenvalue weighted by Gasteiger charge is 2.48. The molecule has 0 bridgehead atoms. The van der Waals surface area contributed by atoms with E-state index in [0.29, 0.717) is 38.0 Å². The summed E-state index contributed by atoms with van der Waals surface area (Å²) in [4.78, 5) is 28.4. The Morgan fingerprint density at radius 1 is 1.35 bits per heavy atom. The molecule has 2 saturated heterocycles. The molecule has 2 fully saturated rings. The van der Waals surface area contributed by atoms with Crippen molar-refractivity contribution in [3.63, 3.8) is 0 Å². The second-order valence-electron chi connectivity index (χ2n) is 7.50. The van der Waals surface area contributed by atoms with Crippen LogP contribution < -0.4 is 0 Å². The highest BCUT2D eigenvalue weighted by Crippen LogP contribution is 2.34. The molecule has 142 valence electrons. The van der Waals surface area contributed by atoms with Crippen LogP contribution in [0, 0.1) is 5.82 Å². The molecule has 2 amide bonds. The maximum Gasteiger partial charge on any atom is 0.410 e. The summed E-state index contributed by atoms with van der Waals surface area (Å²) in [6.45, 7) is 5.91. The minimum Gasteiger partial charge on any atom is -0.441 e. The van der Waals surface area contributed by atoms with Crippen molar-refractivity contribution >= 4 is 12.0 Å². The maximum absolute atomic E-state index is 13.3. The fourth-order valence-electron chi connectivity index (χ4n) is 3.92. The van der Waals surface area contributed by atoms with E-state index >= 15 is 0 Å². The number of hydrogen-bond donors (Lipinski definition) is 0. The molecule has 0 N–H and O–H groups in total. The summed E-state index contributed by atoms with van der Waals surface area (Å²) in [7, 11) is 0. The average molecular weight is 362 g/mol. The summed E-state index contributed by atoms with van der Waals surface area (Å²) in [5.41, 5.74) is 0.219. The largest absolute Gasteiger partial charge is 0.441 e. The van der Waals surface area contributed by atoms with Crippen LogP contribution >= 0.6 is 0 Å². The van der Waals surface area contributed by atoms with Crippen LogP contribution in [-0.2, 0) is 16.0 Å². The number of nitrogens with zero attached hydrogens (tertiary/aromatic N) is 2. The second kappa shape index (κ2) is 7.64. The number of benzene rings is 1. The third kappa shape index (κ3) is 4.00. The van der Waals surface area contributed by atoms with E-state index in [0.717, 1.165) is 12.8 Å². The van der Waals surface area contributed by atoms with Crippen LogP contribution in [0.4, 0.5) is 9.18 Å². The van der Waals surface area contributed by atoms with Gasteiger partial charge in [0.25, 0.3) is 0 Å². The highest BCUT2D eigenvalue weighted by molar-refractivity contribution is 5.79. The van der Waals surface area contributed by atoms with E-state index in [4.69, 9.17) is 4.74 Å². The van der Waals surface area contributed by atoms with Gasteiger partial charge in [0, 0.05) is 32.0 Å². The summed E-state index contributed by atoms with van der Waals surface area (Å²) in [5.74, 6) is -0.335. The molecule has 2 heterocycles. The van der Waals surface area contributed by atoms with Gasteiger partial charge in [-0.1, -0.05) is 25.5 Å². The minimum atomic E-state index is -0.464. The molecule has 2 aliphatic heterocycles. The molecule has 26 heavy (non-hydrogen) atoms. The average Bonchev–Trinajstić information content (AvgIpc) is 2.92. The normalized spacial score (nSPS) is 20.3. The second-order valence-corrected chi connectivity index (χ2v) is 7.50. The standard InChI is InChI=1S/C20H27FN2O3/c1-3-5-15(2)23-14-20(26-19(23)25)8-10-22(11-9-20)18(24)13-16-6-4-7-17(21)12-16/h4,6-7,12,15H,3,5,8-11,13-14H2,1-2H3/t15-/m0/s1. The quantitative estimate of drug-likeness (QED) is 0.807. The minimum absolute atomic E-state index is 0.00835. The van der Waals surface area contributed by atoms with E-state index in [1.54, 1.807) is 17.0 Å². The summed E-state index contributed by atoms with van der Waals surface area (Å²) >= 11 is 0. The van der Waals surface area contributed by atoms with Gasteiger partial charge in [0.15, 0.2) is 0 Å². The van der Waals surface area contributed by atoms with Crippen molar-refractivity contribution in [2.75, 3.05) is 19.6 Å². The van der Waals surface area contributed by atoms with E-state index in [9.17, 15) is 14.0 Å². The molecule has 0 radical (unpaired) electrons. The van der Waals surface area contributed by atoms with Crippen LogP contribution in [0.1, 0.15) is 45.1 Å². The van der Waals surface area contributed by atoms with Crippen LogP contribution in [-0.4, -0.2) is 53.1 Å². The molecule has 0 aliphatic carbocycles. The summed E-state index contributed by atoms with van der Waals surface area (Å²) in [6.07, 6.45) is 3.27. The van der Waals surface area contributed by atoms with Gasteiger partial charge in [-0.2, -0.15) is 0 Å². The predicted molar refractivity (Wildman–Crippen MR) is 96.2 cm³/mol. The van der Waals surface area contributed by atoms with Crippen LogP contribution in [0.25, 0.3) is 0 Å². The number of likely N-dealkylation sites (tertiary alicyclic amines) is 1. The van der Waals surface area contributed by atoms with E-state index in [-0.39, 0.29) is 30.3 Å². The lowest BCUT2D eigenvalue weighted by molar-refractivity contribution is -0.133. The third-order valence-corrected chi connectivity index (χ3v) is 5.51. The zero-order valence-corrected chi connectivity index (χ0v) is 15.5. The molecule has 0 saturated carbocycles. The SMILES string of the molecule is CCC[C@H](C)N1CC2(CCN(C(=O)Cc3cccc(F)c3)CC2)OC1=O. The molecule has 6 heteroatoms. The van der Waals surface area contributed by atoms with Gasteiger partial charge in [-0.3, -0.25) is 4.79 Å². The smallest absolute Gasteiger partial charge is 0.410 e. The van der Waals surface area contributed by atoms with Crippen LogP contribution in [0.15, 0.2) is 24.3 Å². The lowest BCUT2D eigenvalue weighted by Crippen LogP contribution is -2.49. The molecule has 1 aromatic carbocycles. The van der Waals surface area contributed by atoms with E-state index in [1.165, 1.54) is 12.1 Å². The molecular weight excluding hydrogens is 335 g/mol. The predicted octanol–water partition coefficient (Wildman–Crippen LogP) is 3.37. The number of halogens is 1. The summed E-state index contributed by atoms with van der Waals surface area (Å²) in [6, 6.07) is 6.33. The Morgan fingerprint density at radius 2 is 2.08 bits per heavy atom. The van der Waals surface area contributed by atoms with Crippen LogP contribution in [0.3, 0.4) is 0 Å². The summed E-state index contributed by atoms with van der Waals surface area (Å²) < 4.78 is 19.0. The van der Waals surface area contributed by atoms with Crippen LogP contribution in [0.5, 0.6) is 0 Å². The van der Waals surface area contributed by atoms with Gasteiger partial charge in [0.2, 0.25) is 5.91 Å². The molecule has 0 unspecified atom stereocenters. The number of ether oxygens (including phenoxy) is 1. The number of amides is 2. The molecule has 1 atom stereocenters. The van der Waals surface area contributed by atoms with Gasteiger partial charge < -0.3 is 14.5 Å². The number of piperidine rings is 1. The van der Waals surface area contributed by atoms with Crippen molar-refractivity contribution < 1.29 is 18.7 Å². The van der Waals surface area contributed by atoms with Crippen molar-refractivity contribution in [3.05, 3.63) is 35.6 Å². The Morgan fingerprint density at radius 3 is 2.73 bits per heavy atom. The van der Waals surface area contributed by atoms with Crippen molar-refractivity contribution in [2.45, 2.75) is 57.6 Å². The van der Waals surface area contributed by atoms with Crippen molar-refractivity contribution in [1.29, 1.82) is 0 Å². The van der Waals surface area contributed by atoms with Crippen LogP contribution in [0.2, 0.25) is 0 Å². The summed E-state index contributed by atoms with van der Waals surface area (Å²) in [5, 5.41) is 0. The first-order chi connectivity index (χ1) is 12.4. The first-order valence-corrected chi connectivity index (χ1v) is 9.44. The molecule has 1 spiro atoms. The van der Waals surface area contributed by atoms with E-state index < -0.39 is 5.60 Å². The Balaban J connectivity index is 1.55. The fourth-order valence-corrected chi connectivity index (χ4v) is 3.92. The van der Waals surface area contributed by atoms with Gasteiger partial charge in [-0.15, -0.1) is 0 Å². The zero-order valence-electron chi connectivity index (χ0n) is 15.5. The first kappa shape index (κ1) is 18.7. The Hall–Kier alpha value is -2.11. The van der Waals surface area contributed by atoms with Crippen molar-refractivity contribution in [3.8, 4) is 0 Å². The zero-order chi connectivity index (χ0) is 18.7. The molecule has 3 rings (SSSR count). The Kier molecular flexibility index (Phi) is 5.49. The molecule has 5 nitrogen and oxygen atoms in total. The topological polar surface area (TPSA) is 49.9 Å². The first-order valence-electron chi connectivity index (χ1n) is 9.44. The monoisotopic (exact) mass is 362 g/mol. The number of hydrogen-bond acceptors (Lipinski definition) is 3. The van der Waals surface area contributed by atoms with Gasteiger partial charge in [0.1, 0.15) is 11.4 Å². The number of rotatable bonds is 5. The van der Waals surface area contributed by atoms with Gasteiger partial charge in [0.05, 0.1) is 13.0 Å². The highest BCUT2D eigenvalue weighted by atomic mass is 19.1. The molecule has 1 aromatic rings. The molecule has 0 aromatic heterocycles. The van der Waals surface area contributed by atoms with Crippen molar-refractivity contribution in [2.24, 2.45) is 0 Å². The Bertz CT molecular complexity index is 671. The van der Waals surface area contributed by atoms with Gasteiger partial charge in [-0.25, -0.2) is 9.18 Å². The van der Waals surface area contributed by atoms with Crippen molar-refractivity contribution in [1.82, 2.24) is 9.80 Å². The van der Waals surface area contributed by atoms with E-state index in [2.05, 4.69) is 13.8 Å². The Labute approximate surface area is 154 Å². The lowest BCUT2D eigenvalue weighted by atomic mass is 9.90. The molecular formula is C20H27FN2O3. The number of carbonyl (C=O) groups is 2. The van der Waals surface area contributed by atoms with Gasteiger partial charge in [-0.05, 0) is 31.0 Å². The third-order valence-electron chi connectivity index (χ3n) is 5.51.